The molecule has 1 aromatic heterocycles. The second-order valence-electron chi connectivity index (χ2n) is 6.48. The Kier molecular flexibility index (Phi) is 3.52. The lowest BCUT2D eigenvalue weighted by Gasteiger charge is -2.25. The van der Waals surface area contributed by atoms with E-state index >= 15 is 0 Å². The van der Waals surface area contributed by atoms with Crippen LogP contribution >= 0.6 is 15.9 Å². The minimum Gasteiger partial charge on any atom is -0.469 e. The van der Waals surface area contributed by atoms with E-state index in [0.717, 1.165) is 47.0 Å². The molecule has 2 fully saturated rings. The predicted molar refractivity (Wildman–Crippen MR) is 91.2 cm³/mol. The molecule has 2 heterocycles. The summed E-state index contributed by atoms with van der Waals surface area (Å²) in [6, 6.07) is 6.01. The molecule has 120 valence electrons. The SMILES string of the molecule is COC(=O)C12CCCC1CN(c1ncnc3ccc(Br)cc13)C2. The first kappa shape index (κ1) is 14.9. The van der Waals surface area contributed by atoms with Crippen molar-refractivity contribution >= 4 is 38.6 Å². The molecule has 0 N–H and O–H groups in total. The third-order valence-corrected chi connectivity index (χ3v) is 5.83. The van der Waals surface area contributed by atoms with Gasteiger partial charge >= 0.3 is 5.97 Å². The number of halogens is 1. The average molecular weight is 376 g/mol. The topological polar surface area (TPSA) is 55.3 Å². The fourth-order valence-electron chi connectivity index (χ4n) is 4.25. The number of ether oxygens (including phenoxy) is 1. The van der Waals surface area contributed by atoms with Gasteiger partial charge in [0.1, 0.15) is 12.1 Å². The van der Waals surface area contributed by atoms with E-state index < -0.39 is 0 Å². The van der Waals surface area contributed by atoms with Crippen LogP contribution in [0.15, 0.2) is 29.0 Å². The van der Waals surface area contributed by atoms with Crippen molar-refractivity contribution in [1.29, 1.82) is 0 Å². The second-order valence-corrected chi connectivity index (χ2v) is 7.39. The number of fused-ring (bicyclic) bond motifs is 2. The van der Waals surface area contributed by atoms with Crippen LogP contribution in [0.4, 0.5) is 5.82 Å². The number of rotatable bonds is 2. The van der Waals surface area contributed by atoms with Crippen LogP contribution in [-0.2, 0) is 9.53 Å². The van der Waals surface area contributed by atoms with Crippen LogP contribution in [0.3, 0.4) is 0 Å². The van der Waals surface area contributed by atoms with Crippen molar-refractivity contribution in [2.75, 3.05) is 25.1 Å². The zero-order valence-electron chi connectivity index (χ0n) is 13.0. The summed E-state index contributed by atoms with van der Waals surface area (Å²) in [6.07, 6.45) is 4.69. The highest BCUT2D eigenvalue weighted by Crippen LogP contribution is 2.50. The first-order chi connectivity index (χ1) is 11.1. The fourth-order valence-corrected chi connectivity index (χ4v) is 4.62. The van der Waals surface area contributed by atoms with Gasteiger partial charge in [-0.05, 0) is 37.0 Å². The maximum absolute atomic E-state index is 12.4. The Hall–Kier alpha value is -1.69. The highest BCUT2D eigenvalue weighted by Gasteiger charge is 2.55. The van der Waals surface area contributed by atoms with Gasteiger partial charge in [0.05, 0.1) is 18.0 Å². The molecular formula is C17H18BrN3O2. The second kappa shape index (κ2) is 5.44. The lowest BCUT2D eigenvalue weighted by atomic mass is 9.81. The number of anilines is 1. The Morgan fingerprint density at radius 1 is 1.43 bits per heavy atom. The van der Waals surface area contributed by atoms with E-state index in [1.807, 2.05) is 18.2 Å². The van der Waals surface area contributed by atoms with Crippen LogP contribution in [-0.4, -0.2) is 36.1 Å². The molecule has 2 unspecified atom stereocenters. The monoisotopic (exact) mass is 375 g/mol. The molecule has 4 rings (SSSR count). The number of aromatic nitrogens is 2. The number of carbonyl (C=O) groups is 1. The Morgan fingerprint density at radius 2 is 2.30 bits per heavy atom. The van der Waals surface area contributed by atoms with Crippen LogP contribution < -0.4 is 4.90 Å². The van der Waals surface area contributed by atoms with Crippen LogP contribution in [0.5, 0.6) is 0 Å². The summed E-state index contributed by atoms with van der Waals surface area (Å²) in [5.74, 6) is 1.20. The lowest BCUT2D eigenvalue weighted by Crippen LogP contribution is -2.37. The van der Waals surface area contributed by atoms with E-state index in [1.165, 1.54) is 7.11 Å². The first-order valence-electron chi connectivity index (χ1n) is 7.88. The van der Waals surface area contributed by atoms with Gasteiger partial charge in [0, 0.05) is 22.9 Å². The maximum atomic E-state index is 12.4. The molecule has 2 aromatic rings. The number of carbonyl (C=O) groups excluding carboxylic acids is 1. The molecule has 1 aliphatic carbocycles. The molecule has 2 aliphatic rings. The molecule has 0 amide bonds. The van der Waals surface area contributed by atoms with Gasteiger partial charge in [-0.25, -0.2) is 9.97 Å². The van der Waals surface area contributed by atoms with E-state index in [9.17, 15) is 4.79 Å². The quantitative estimate of drug-likeness (QED) is 0.754. The Bertz CT molecular complexity index is 782. The molecule has 0 bridgehead atoms. The minimum atomic E-state index is -0.363. The minimum absolute atomic E-state index is 0.0676. The van der Waals surface area contributed by atoms with Crippen LogP contribution in [0.2, 0.25) is 0 Å². The Labute approximate surface area is 143 Å². The molecule has 6 heteroatoms. The van der Waals surface area contributed by atoms with Crippen molar-refractivity contribution < 1.29 is 9.53 Å². The van der Waals surface area contributed by atoms with Gasteiger partial charge in [-0.3, -0.25) is 4.79 Å². The van der Waals surface area contributed by atoms with E-state index in [2.05, 4.69) is 30.8 Å². The number of hydrogen-bond acceptors (Lipinski definition) is 5. The van der Waals surface area contributed by atoms with Crippen molar-refractivity contribution in [3.8, 4) is 0 Å². The zero-order valence-corrected chi connectivity index (χ0v) is 14.5. The molecule has 5 nitrogen and oxygen atoms in total. The lowest BCUT2D eigenvalue weighted by molar-refractivity contribution is -0.152. The van der Waals surface area contributed by atoms with E-state index in [-0.39, 0.29) is 11.4 Å². The summed E-state index contributed by atoms with van der Waals surface area (Å²) in [5.41, 5.74) is 0.556. The number of nitrogens with zero attached hydrogens (tertiary/aromatic N) is 3. The first-order valence-corrected chi connectivity index (χ1v) is 8.67. The Balaban J connectivity index is 1.76. The molecule has 23 heavy (non-hydrogen) atoms. The normalized spacial score (nSPS) is 26.5. The number of methoxy groups -OCH3 is 1. The number of benzene rings is 1. The average Bonchev–Trinajstić information content (AvgIpc) is 3.11. The largest absolute Gasteiger partial charge is 0.469 e. The van der Waals surface area contributed by atoms with Crippen LogP contribution in [0.1, 0.15) is 19.3 Å². The standard InChI is InChI=1S/C17H18BrN3O2/c1-23-16(22)17-6-2-3-11(17)8-21(9-17)15-13-7-12(18)4-5-14(13)19-10-20-15/h4-5,7,10-11H,2-3,6,8-9H2,1H3. The number of esters is 1. The summed E-state index contributed by atoms with van der Waals surface area (Å²) >= 11 is 3.52. The molecule has 1 aromatic carbocycles. The summed E-state index contributed by atoms with van der Waals surface area (Å²) in [4.78, 5) is 23.5. The van der Waals surface area contributed by atoms with Crippen molar-refractivity contribution in [2.24, 2.45) is 11.3 Å². The molecular weight excluding hydrogens is 358 g/mol. The van der Waals surface area contributed by atoms with E-state index in [4.69, 9.17) is 4.74 Å². The van der Waals surface area contributed by atoms with Crippen LogP contribution in [0, 0.1) is 11.3 Å². The van der Waals surface area contributed by atoms with Gasteiger partial charge < -0.3 is 9.64 Å². The predicted octanol–water partition coefficient (Wildman–Crippen LogP) is 3.17. The van der Waals surface area contributed by atoms with E-state index in [1.54, 1.807) is 6.33 Å². The maximum Gasteiger partial charge on any atom is 0.313 e. The van der Waals surface area contributed by atoms with Gasteiger partial charge in [0.25, 0.3) is 0 Å². The van der Waals surface area contributed by atoms with Crippen molar-refractivity contribution in [3.63, 3.8) is 0 Å². The highest BCUT2D eigenvalue weighted by atomic mass is 79.9. The number of hydrogen-bond donors (Lipinski definition) is 0. The summed E-state index contributed by atoms with van der Waals surface area (Å²) in [6.45, 7) is 1.54. The molecule has 0 radical (unpaired) electrons. The van der Waals surface area contributed by atoms with Gasteiger partial charge in [-0.2, -0.15) is 0 Å². The van der Waals surface area contributed by atoms with Gasteiger partial charge in [0.2, 0.25) is 0 Å². The third-order valence-electron chi connectivity index (χ3n) is 5.34. The molecule has 1 aliphatic heterocycles. The summed E-state index contributed by atoms with van der Waals surface area (Å²) < 4.78 is 6.13. The molecule has 2 atom stereocenters. The van der Waals surface area contributed by atoms with Crippen molar-refractivity contribution in [3.05, 3.63) is 29.0 Å². The Morgan fingerprint density at radius 3 is 3.13 bits per heavy atom. The van der Waals surface area contributed by atoms with Gasteiger partial charge in [0.15, 0.2) is 0 Å². The third kappa shape index (κ3) is 2.23. The fraction of sp³-hybridized carbons (Fsp3) is 0.471. The van der Waals surface area contributed by atoms with E-state index in [0.29, 0.717) is 12.5 Å². The van der Waals surface area contributed by atoms with Crippen molar-refractivity contribution in [1.82, 2.24) is 9.97 Å². The molecule has 1 saturated heterocycles. The van der Waals surface area contributed by atoms with Crippen molar-refractivity contribution in [2.45, 2.75) is 19.3 Å². The van der Waals surface area contributed by atoms with Crippen LogP contribution in [0.25, 0.3) is 10.9 Å². The smallest absolute Gasteiger partial charge is 0.313 e. The highest BCUT2D eigenvalue weighted by molar-refractivity contribution is 9.10. The molecule has 0 spiro atoms. The summed E-state index contributed by atoms with van der Waals surface area (Å²) in [5, 5.41) is 1.02. The zero-order chi connectivity index (χ0) is 16.0. The van der Waals surface area contributed by atoms with Gasteiger partial charge in [-0.15, -0.1) is 0 Å². The summed E-state index contributed by atoms with van der Waals surface area (Å²) in [7, 11) is 1.49. The van der Waals surface area contributed by atoms with Gasteiger partial charge in [-0.1, -0.05) is 22.4 Å². The molecule has 1 saturated carbocycles.